The van der Waals surface area contributed by atoms with E-state index in [1.807, 2.05) is 19.1 Å². The lowest BCUT2D eigenvalue weighted by Crippen LogP contribution is -2.37. The van der Waals surface area contributed by atoms with Gasteiger partial charge in [-0.15, -0.1) is 0 Å². The maximum absolute atomic E-state index is 13.8. The van der Waals surface area contributed by atoms with Crippen molar-refractivity contribution in [2.24, 2.45) is 0 Å². The smallest absolute Gasteiger partial charge is 0.241 e. The minimum Gasteiger partial charge on any atom is -0.337 e. The van der Waals surface area contributed by atoms with E-state index in [-0.39, 0.29) is 30.4 Å². The summed E-state index contributed by atoms with van der Waals surface area (Å²) in [6, 6.07) is 9.86. The quantitative estimate of drug-likeness (QED) is 0.787. The van der Waals surface area contributed by atoms with Gasteiger partial charge in [0.1, 0.15) is 5.82 Å². The molecule has 0 aliphatic carbocycles. The number of sulfonamides is 1. The zero-order valence-corrected chi connectivity index (χ0v) is 16.9. The van der Waals surface area contributed by atoms with Crippen molar-refractivity contribution in [2.45, 2.75) is 39.1 Å². The van der Waals surface area contributed by atoms with E-state index < -0.39 is 15.8 Å². The number of hydrogen-bond donors (Lipinski definition) is 1. The van der Waals surface area contributed by atoms with E-state index in [0.29, 0.717) is 16.7 Å². The van der Waals surface area contributed by atoms with Crippen molar-refractivity contribution in [2.75, 3.05) is 13.1 Å². The third-order valence-electron chi connectivity index (χ3n) is 4.31. The van der Waals surface area contributed by atoms with Crippen LogP contribution in [0.5, 0.6) is 0 Å². The van der Waals surface area contributed by atoms with E-state index in [1.165, 1.54) is 17.9 Å². The summed E-state index contributed by atoms with van der Waals surface area (Å²) in [4.78, 5) is 13.5. The summed E-state index contributed by atoms with van der Waals surface area (Å²) in [6.45, 7) is 7.09. The highest BCUT2D eigenvalue weighted by Gasteiger charge is 2.20. The number of amides is 1. The molecule has 2 aromatic rings. The number of carbonyl (C=O) groups excluding carboxylic acids is 1. The monoisotopic (exact) mass is 392 g/mol. The maximum Gasteiger partial charge on any atom is 0.241 e. The third-order valence-corrected chi connectivity index (χ3v) is 6.08. The van der Waals surface area contributed by atoms with E-state index in [2.05, 4.69) is 4.72 Å². The zero-order valence-electron chi connectivity index (χ0n) is 16.0. The number of halogens is 1. The van der Waals surface area contributed by atoms with Crippen LogP contribution in [0.4, 0.5) is 4.39 Å². The van der Waals surface area contributed by atoms with Crippen LogP contribution in [0.25, 0.3) is 0 Å². The Morgan fingerprint density at radius 1 is 1.11 bits per heavy atom. The molecular formula is C20H25FN2O3S. The van der Waals surface area contributed by atoms with E-state index in [1.54, 1.807) is 32.0 Å². The zero-order chi connectivity index (χ0) is 20.2. The lowest BCUT2D eigenvalue weighted by atomic mass is 10.1. The van der Waals surface area contributed by atoms with Gasteiger partial charge in [-0.05, 0) is 38.0 Å². The van der Waals surface area contributed by atoms with Crippen molar-refractivity contribution in [1.29, 1.82) is 0 Å². The number of hydrogen-bond acceptors (Lipinski definition) is 3. The molecule has 5 nitrogen and oxygen atoms in total. The normalized spacial score (nSPS) is 11.4. The number of aryl methyl sites for hydroxylation is 3. The molecule has 27 heavy (non-hydrogen) atoms. The van der Waals surface area contributed by atoms with Gasteiger partial charge in [-0.1, -0.05) is 35.9 Å². The first-order valence-electron chi connectivity index (χ1n) is 8.68. The van der Waals surface area contributed by atoms with Crippen LogP contribution in [0.3, 0.4) is 0 Å². The Balaban J connectivity index is 2.08. The second-order valence-corrected chi connectivity index (χ2v) is 8.36. The summed E-state index contributed by atoms with van der Waals surface area (Å²) in [5.74, 6) is -0.643. The Bertz CT molecular complexity index is 919. The molecule has 7 heteroatoms. The molecule has 2 rings (SSSR count). The summed E-state index contributed by atoms with van der Waals surface area (Å²) in [5, 5.41) is 0. The van der Waals surface area contributed by atoms with Crippen LogP contribution in [-0.4, -0.2) is 32.3 Å². The Labute approximate surface area is 160 Å². The molecule has 0 radical (unpaired) electrons. The highest BCUT2D eigenvalue weighted by molar-refractivity contribution is 7.89. The minimum atomic E-state index is -3.70. The van der Waals surface area contributed by atoms with Crippen LogP contribution < -0.4 is 4.72 Å². The van der Waals surface area contributed by atoms with Gasteiger partial charge in [0.05, 0.1) is 4.90 Å². The molecule has 1 N–H and O–H groups in total. The fourth-order valence-corrected chi connectivity index (χ4v) is 4.63. The van der Waals surface area contributed by atoms with Crippen LogP contribution in [0, 0.1) is 26.6 Å². The lowest BCUT2D eigenvalue weighted by Gasteiger charge is -2.22. The van der Waals surface area contributed by atoms with Gasteiger partial charge in [-0.2, -0.15) is 0 Å². The lowest BCUT2D eigenvalue weighted by molar-refractivity contribution is -0.129. The molecule has 0 spiro atoms. The molecule has 2 aromatic carbocycles. The first-order chi connectivity index (χ1) is 12.6. The fraction of sp³-hybridized carbons (Fsp3) is 0.350. The molecule has 0 aliphatic heterocycles. The molecule has 1 amide bonds. The van der Waals surface area contributed by atoms with E-state index in [4.69, 9.17) is 0 Å². The third kappa shape index (κ3) is 5.37. The second kappa shape index (κ2) is 8.63. The predicted octanol–water partition coefficient (Wildman–Crippen LogP) is 3.08. The highest BCUT2D eigenvalue weighted by atomic mass is 32.2. The van der Waals surface area contributed by atoms with Crippen LogP contribution in [0.2, 0.25) is 0 Å². The van der Waals surface area contributed by atoms with E-state index in [9.17, 15) is 17.6 Å². The first kappa shape index (κ1) is 21.1. The Morgan fingerprint density at radius 2 is 1.70 bits per heavy atom. The molecule has 0 aliphatic rings. The number of nitrogens with zero attached hydrogens (tertiary/aromatic N) is 1. The van der Waals surface area contributed by atoms with Crippen LogP contribution >= 0.6 is 0 Å². The van der Waals surface area contributed by atoms with E-state index in [0.717, 1.165) is 5.56 Å². The summed E-state index contributed by atoms with van der Waals surface area (Å²) < 4.78 is 41.7. The second-order valence-electron chi connectivity index (χ2n) is 6.66. The van der Waals surface area contributed by atoms with Crippen molar-refractivity contribution < 1.29 is 17.6 Å². The van der Waals surface area contributed by atoms with Gasteiger partial charge in [0, 0.05) is 32.1 Å². The summed E-state index contributed by atoms with van der Waals surface area (Å²) in [5.41, 5.74) is 2.74. The number of carbonyl (C=O) groups is 1. The molecule has 0 heterocycles. The summed E-state index contributed by atoms with van der Waals surface area (Å²) >= 11 is 0. The Hall–Kier alpha value is -2.25. The van der Waals surface area contributed by atoms with Gasteiger partial charge < -0.3 is 4.90 Å². The average Bonchev–Trinajstić information content (AvgIpc) is 2.54. The summed E-state index contributed by atoms with van der Waals surface area (Å²) in [6.07, 6.45) is 0. The molecule has 0 saturated heterocycles. The molecule has 0 bridgehead atoms. The molecular weight excluding hydrogens is 367 g/mol. The van der Waals surface area contributed by atoms with Crippen molar-refractivity contribution in [3.8, 4) is 0 Å². The highest BCUT2D eigenvalue weighted by Crippen LogP contribution is 2.21. The Kier molecular flexibility index (Phi) is 6.73. The molecule has 0 fully saturated rings. The van der Waals surface area contributed by atoms with Gasteiger partial charge in [0.2, 0.25) is 15.9 Å². The van der Waals surface area contributed by atoms with Crippen LogP contribution in [0.15, 0.2) is 41.3 Å². The van der Waals surface area contributed by atoms with Crippen LogP contribution in [-0.2, 0) is 21.4 Å². The first-order valence-corrected chi connectivity index (χ1v) is 10.2. The number of nitrogens with one attached hydrogen (secondary N) is 1. The van der Waals surface area contributed by atoms with Crippen molar-refractivity contribution in [3.05, 3.63) is 64.5 Å². The molecule has 0 unspecified atom stereocenters. The van der Waals surface area contributed by atoms with E-state index >= 15 is 0 Å². The molecule has 146 valence electrons. The van der Waals surface area contributed by atoms with Crippen molar-refractivity contribution >= 4 is 15.9 Å². The maximum atomic E-state index is 13.8. The minimum absolute atomic E-state index is 0.0448. The fourth-order valence-electron chi connectivity index (χ4n) is 3.16. The van der Waals surface area contributed by atoms with Crippen molar-refractivity contribution in [3.63, 3.8) is 0 Å². The van der Waals surface area contributed by atoms with Gasteiger partial charge >= 0.3 is 0 Å². The average molecular weight is 392 g/mol. The SMILES string of the molecule is CC(=O)N(CCNS(=O)(=O)c1c(C)cc(C)cc1C)Cc1ccccc1F. The summed E-state index contributed by atoms with van der Waals surface area (Å²) in [7, 11) is -3.70. The number of benzene rings is 2. The van der Waals surface area contributed by atoms with Crippen LogP contribution in [0.1, 0.15) is 29.2 Å². The molecule has 0 aromatic heterocycles. The topological polar surface area (TPSA) is 66.5 Å². The van der Waals surface area contributed by atoms with Gasteiger partial charge in [-0.25, -0.2) is 17.5 Å². The van der Waals surface area contributed by atoms with Crippen molar-refractivity contribution in [1.82, 2.24) is 9.62 Å². The largest absolute Gasteiger partial charge is 0.337 e. The predicted molar refractivity (Wildman–Crippen MR) is 103 cm³/mol. The van der Waals surface area contributed by atoms with Gasteiger partial charge in [0.25, 0.3) is 0 Å². The number of rotatable bonds is 7. The standard InChI is InChI=1S/C20H25FN2O3S/c1-14-11-15(2)20(16(3)12-14)27(25,26)22-9-10-23(17(4)24)13-18-7-5-6-8-19(18)21/h5-8,11-12,22H,9-10,13H2,1-4H3. The Morgan fingerprint density at radius 3 is 2.26 bits per heavy atom. The molecule has 0 atom stereocenters. The van der Waals surface area contributed by atoms with Gasteiger partial charge in [0.15, 0.2) is 0 Å². The van der Waals surface area contributed by atoms with Gasteiger partial charge in [-0.3, -0.25) is 4.79 Å². The molecule has 0 saturated carbocycles.